The molecule has 1 aromatic heterocycles. The summed E-state index contributed by atoms with van der Waals surface area (Å²) in [6.07, 6.45) is 3.19. The highest BCUT2D eigenvalue weighted by atomic mass is 16.5. The number of hydrogen-bond donors (Lipinski definition) is 1. The normalized spacial score (nSPS) is 9.83. The Morgan fingerprint density at radius 3 is 3.00 bits per heavy atom. The van der Waals surface area contributed by atoms with Gasteiger partial charge in [-0.3, -0.25) is 0 Å². The Kier molecular flexibility index (Phi) is 3.86. The summed E-state index contributed by atoms with van der Waals surface area (Å²) in [7, 11) is 1.36. The van der Waals surface area contributed by atoms with E-state index in [9.17, 15) is 4.79 Å². The number of hydrogen-bond acceptors (Lipinski definition) is 5. The van der Waals surface area contributed by atoms with Crippen LogP contribution in [0.15, 0.2) is 42.9 Å². The third-order valence-corrected chi connectivity index (χ3v) is 2.40. The van der Waals surface area contributed by atoms with Crippen molar-refractivity contribution >= 4 is 11.7 Å². The molecule has 0 bridgehead atoms. The van der Waals surface area contributed by atoms with E-state index in [0.29, 0.717) is 12.1 Å². The number of esters is 1. The summed E-state index contributed by atoms with van der Waals surface area (Å²) in [6.45, 7) is 0.577. The van der Waals surface area contributed by atoms with Gasteiger partial charge in [-0.1, -0.05) is 6.07 Å². The average Bonchev–Trinajstić information content (AvgIpc) is 2.45. The molecule has 0 aliphatic heterocycles. The summed E-state index contributed by atoms with van der Waals surface area (Å²) in [5, 5.41) is 3.18. The lowest BCUT2D eigenvalue weighted by atomic mass is 10.2. The van der Waals surface area contributed by atoms with Gasteiger partial charge in [0.15, 0.2) is 0 Å². The number of ether oxygens (including phenoxy) is 1. The number of nitrogens with one attached hydrogen (secondary N) is 1. The number of rotatable bonds is 4. The van der Waals surface area contributed by atoms with Crippen LogP contribution < -0.4 is 5.32 Å². The molecule has 1 N–H and O–H groups in total. The molecule has 5 heteroatoms. The molecule has 0 spiro atoms. The number of carbonyl (C=O) groups is 1. The molecule has 0 unspecified atom stereocenters. The summed E-state index contributed by atoms with van der Waals surface area (Å²) in [5.41, 5.74) is 2.25. The molecule has 0 saturated carbocycles. The number of aromatic nitrogens is 2. The highest BCUT2D eigenvalue weighted by molar-refractivity contribution is 5.90. The van der Waals surface area contributed by atoms with Gasteiger partial charge in [-0.25, -0.2) is 14.8 Å². The van der Waals surface area contributed by atoms with Crippen molar-refractivity contribution in [2.24, 2.45) is 0 Å². The van der Waals surface area contributed by atoms with Crippen LogP contribution in [0.4, 0.5) is 5.69 Å². The smallest absolute Gasteiger partial charge is 0.337 e. The first-order valence-electron chi connectivity index (χ1n) is 5.47. The molecule has 18 heavy (non-hydrogen) atoms. The zero-order valence-electron chi connectivity index (χ0n) is 9.96. The predicted octanol–water partition coefficient (Wildman–Crippen LogP) is 1.88. The number of carbonyl (C=O) groups excluding carboxylic acids is 1. The second-order valence-electron chi connectivity index (χ2n) is 3.63. The average molecular weight is 243 g/mol. The van der Waals surface area contributed by atoms with Crippen molar-refractivity contribution in [2.75, 3.05) is 12.4 Å². The van der Waals surface area contributed by atoms with E-state index < -0.39 is 0 Å². The Balaban J connectivity index is 2.04. The predicted molar refractivity (Wildman–Crippen MR) is 67.1 cm³/mol. The fourth-order valence-corrected chi connectivity index (χ4v) is 1.49. The van der Waals surface area contributed by atoms with Crippen LogP contribution in [0, 0.1) is 0 Å². The first-order chi connectivity index (χ1) is 8.79. The van der Waals surface area contributed by atoms with Crippen molar-refractivity contribution in [1.29, 1.82) is 0 Å². The van der Waals surface area contributed by atoms with Gasteiger partial charge in [0.2, 0.25) is 0 Å². The first kappa shape index (κ1) is 12.0. The van der Waals surface area contributed by atoms with E-state index in [1.165, 1.54) is 13.4 Å². The van der Waals surface area contributed by atoms with Crippen molar-refractivity contribution in [3.05, 3.63) is 54.1 Å². The topological polar surface area (TPSA) is 64.1 Å². The van der Waals surface area contributed by atoms with Crippen molar-refractivity contribution in [3.63, 3.8) is 0 Å². The van der Waals surface area contributed by atoms with E-state index >= 15 is 0 Å². The van der Waals surface area contributed by atoms with Gasteiger partial charge in [0, 0.05) is 11.9 Å². The van der Waals surface area contributed by atoms with Crippen molar-refractivity contribution < 1.29 is 9.53 Å². The Bertz CT molecular complexity index is 529. The van der Waals surface area contributed by atoms with E-state index in [0.717, 1.165) is 11.4 Å². The van der Waals surface area contributed by atoms with Gasteiger partial charge in [-0.2, -0.15) is 0 Å². The van der Waals surface area contributed by atoms with Crippen LogP contribution in [0.2, 0.25) is 0 Å². The Morgan fingerprint density at radius 2 is 2.28 bits per heavy atom. The standard InChI is InChI=1S/C13H13N3O2/c1-18-13(17)10-3-2-4-11(7-10)15-8-12-5-6-14-9-16-12/h2-7,9,15H,8H2,1H3. The molecular formula is C13H13N3O2. The van der Waals surface area contributed by atoms with E-state index in [4.69, 9.17) is 0 Å². The summed E-state index contributed by atoms with van der Waals surface area (Å²) >= 11 is 0. The van der Waals surface area contributed by atoms with Crippen LogP contribution in [0.5, 0.6) is 0 Å². The van der Waals surface area contributed by atoms with Gasteiger partial charge in [-0.05, 0) is 24.3 Å². The maximum atomic E-state index is 11.4. The SMILES string of the molecule is COC(=O)c1cccc(NCc2ccncn2)c1. The van der Waals surface area contributed by atoms with Crippen LogP contribution in [0.25, 0.3) is 0 Å². The van der Waals surface area contributed by atoms with E-state index in [1.54, 1.807) is 24.4 Å². The Hall–Kier alpha value is -2.43. The number of methoxy groups -OCH3 is 1. The minimum atomic E-state index is -0.347. The van der Waals surface area contributed by atoms with Gasteiger partial charge in [-0.15, -0.1) is 0 Å². The van der Waals surface area contributed by atoms with Crippen LogP contribution in [-0.4, -0.2) is 23.0 Å². The molecule has 92 valence electrons. The minimum Gasteiger partial charge on any atom is -0.465 e. The third kappa shape index (κ3) is 3.04. The van der Waals surface area contributed by atoms with E-state index in [2.05, 4.69) is 20.0 Å². The Morgan fingerprint density at radius 1 is 1.39 bits per heavy atom. The van der Waals surface area contributed by atoms with E-state index in [-0.39, 0.29) is 5.97 Å². The van der Waals surface area contributed by atoms with E-state index in [1.807, 2.05) is 12.1 Å². The van der Waals surface area contributed by atoms with Gasteiger partial charge >= 0.3 is 5.97 Å². The highest BCUT2D eigenvalue weighted by Crippen LogP contribution is 2.12. The zero-order valence-corrected chi connectivity index (χ0v) is 9.96. The monoisotopic (exact) mass is 243 g/mol. The highest BCUT2D eigenvalue weighted by Gasteiger charge is 2.05. The molecule has 2 rings (SSSR count). The quantitative estimate of drug-likeness (QED) is 0.830. The maximum absolute atomic E-state index is 11.4. The van der Waals surface area contributed by atoms with Gasteiger partial charge in [0.25, 0.3) is 0 Å². The molecule has 1 aromatic carbocycles. The second-order valence-corrected chi connectivity index (χ2v) is 3.63. The summed E-state index contributed by atoms with van der Waals surface area (Å²) in [4.78, 5) is 19.3. The van der Waals surface area contributed by atoms with Gasteiger partial charge in [0.1, 0.15) is 6.33 Å². The number of nitrogens with zero attached hydrogens (tertiary/aromatic N) is 2. The first-order valence-corrected chi connectivity index (χ1v) is 5.47. The van der Waals surface area contributed by atoms with Crippen LogP contribution >= 0.6 is 0 Å². The molecular weight excluding hydrogens is 230 g/mol. The molecule has 0 saturated heterocycles. The molecule has 0 fully saturated rings. The van der Waals surface area contributed by atoms with Crippen LogP contribution in [0.1, 0.15) is 16.1 Å². The fraction of sp³-hybridized carbons (Fsp3) is 0.154. The van der Waals surface area contributed by atoms with Crippen LogP contribution in [-0.2, 0) is 11.3 Å². The summed E-state index contributed by atoms with van der Waals surface area (Å²) < 4.78 is 4.67. The summed E-state index contributed by atoms with van der Waals surface area (Å²) in [5.74, 6) is -0.347. The lowest BCUT2D eigenvalue weighted by Crippen LogP contribution is -2.04. The molecule has 0 aliphatic rings. The fourth-order valence-electron chi connectivity index (χ4n) is 1.49. The zero-order chi connectivity index (χ0) is 12.8. The molecule has 0 radical (unpaired) electrons. The van der Waals surface area contributed by atoms with Crippen molar-refractivity contribution in [2.45, 2.75) is 6.54 Å². The molecule has 0 amide bonds. The minimum absolute atomic E-state index is 0.347. The molecule has 0 aliphatic carbocycles. The number of benzene rings is 1. The maximum Gasteiger partial charge on any atom is 0.337 e. The van der Waals surface area contributed by atoms with Crippen molar-refractivity contribution in [1.82, 2.24) is 9.97 Å². The third-order valence-electron chi connectivity index (χ3n) is 2.40. The molecule has 5 nitrogen and oxygen atoms in total. The lowest BCUT2D eigenvalue weighted by Gasteiger charge is -2.07. The van der Waals surface area contributed by atoms with Crippen LogP contribution in [0.3, 0.4) is 0 Å². The molecule has 0 atom stereocenters. The van der Waals surface area contributed by atoms with Crippen molar-refractivity contribution in [3.8, 4) is 0 Å². The lowest BCUT2D eigenvalue weighted by molar-refractivity contribution is 0.0601. The Labute approximate surface area is 105 Å². The number of anilines is 1. The summed E-state index contributed by atoms with van der Waals surface area (Å²) in [6, 6.07) is 8.97. The van der Waals surface area contributed by atoms with Gasteiger partial charge in [0.05, 0.1) is 24.9 Å². The molecule has 1 heterocycles. The van der Waals surface area contributed by atoms with Gasteiger partial charge < -0.3 is 10.1 Å². The second kappa shape index (κ2) is 5.77. The largest absolute Gasteiger partial charge is 0.465 e. The molecule has 2 aromatic rings.